The first-order valence-corrected chi connectivity index (χ1v) is 6.95. The second-order valence-corrected chi connectivity index (χ2v) is 6.02. The van der Waals surface area contributed by atoms with Gasteiger partial charge in [-0.05, 0) is 32.9 Å². The monoisotopic (exact) mass is 313 g/mol. The molecule has 0 radical (unpaired) electrons. The van der Waals surface area contributed by atoms with E-state index >= 15 is 0 Å². The number of nitro groups is 1. The molecule has 0 bridgehead atoms. The van der Waals surface area contributed by atoms with Crippen LogP contribution in [-0.2, 0) is 0 Å². The van der Waals surface area contributed by atoms with E-state index in [-0.39, 0.29) is 22.9 Å². The minimum atomic E-state index is -0.514. The molecule has 0 fully saturated rings. The van der Waals surface area contributed by atoms with Gasteiger partial charge in [-0.2, -0.15) is 4.68 Å². The summed E-state index contributed by atoms with van der Waals surface area (Å²) in [6.07, 6.45) is 1.27. The molecule has 9 heteroatoms. The summed E-state index contributed by atoms with van der Waals surface area (Å²) in [5.74, 6) is 0.220. The lowest BCUT2D eigenvalue weighted by molar-refractivity contribution is -0.384. The first kappa shape index (κ1) is 14.8. The summed E-state index contributed by atoms with van der Waals surface area (Å²) in [6.45, 7) is 5.68. The molecule has 3 rings (SSSR count). The van der Waals surface area contributed by atoms with Crippen molar-refractivity contribution in [2.24, 2.45) is 0 Å². The summed E-state index contributed by atoms with van der Waals surface area (Å²) in [6, 6.07) is 7.18. The normalized spacial score (nSPS) is 11.6. The van der Waals surface area contributed by atoms with Crippen LogP contribution < -0.4 is 5.32 Å². The van der Waals surface area contributed by atoms with E-state index in [9.17, 15) is 10.1 Å². The molecule has 2 heterocycles. The highest BCUT2D eigenvalue weighted by atomic mass is 16.6. The number of hydrogen-bond donors (Lipinski definition) is 1. The van der Waals surface area contributed by atoms with E-state index in [1.807, 2.05) is 32.9 Å². The fraction of sp³-hybridized carbons (Fsp3) is 0.286. The molecule has 0 saturated heterocycles. The lowest BCUT2D eigenvalue weighted by Gasteiger charge is -2.21. The molecule has 0 aliphatic heterocycles. The van der Waals surface area contributed by atoms with Gasteiger partial charge in [-0.3, -0.25) is 10.1 Å². The number of aromatic nitrogens is 5. The Balaban J connectivity index is 2.23. The molecule has 1 aromatic carbocycles. The van der Waals surface area contributed by atoms with Gasteiger partial charge in [0.1, 0.15) is 11.8 Å². The smallest absolute Gasteiger partial charge is 0.355 e. The molecule has 1 N–H and O–H groups in total. The maximum atomic E-state index is 11.6. The Morgan fingerprint density at radius 2 is 1.96 bits per heavy atom. The SMILES string of the molecule is CC(C)(C)Nc1ncnc(-n2nnc3ccccc32)c1[N+](=O)[O-]. The number of nitrogens with one attached hydrogen (secondary N) is 1. The number of benzene rings is 1. The van der Waals surface area contributed by atoms with E-state index in [1.54, 1.807) is 12.1 Å². The number of anilines is 1. The van der Waals surface area contributed by atoms with Crippen LogP contribution in [0.15, 0.2) is 30.6 Å². The standard InChI is InChI=1S/C14H15N7O2/c1-14(2,3)17-12-11(21(22)23)13(16-8-15-12)20-10-7-5-4-6-9(10)18-19-20/h4-8H,1-3H3,(H,15,16,17). The Hall–Kier alpha value is -3.10. The molecular weight excluding hydrogens is 298 g/mol. The van der Waals surface area contributed by atoms with E-state index < -0.39 is 4.92 Å². The van der Waals surface area contributed by atoms with Crippen molar-refractivity contribution in [1.82, 2.24) is 25.0 Å². The molecule has 0 saturated carbocycles. The second-order valence-electron chi connectivity index (χ2n) is 6.02. The topological polar surface area (TPSA) is 112 Å². The molecule has 0 amide bonds. The zero-order valence-electron chi connectivity index (χ0n) is 12.9. The highest BCUT2D eigenvalue weighted by Crippen LogP contribution is 2.30. The van der Waals surface area contributed by atoms with Crippen molar-refractivity contribution in [3.8, 4) is 5.82 Å². The minimum Gasteiger partial charge on any atom is -0.360 e. The molecule has 3 aromatic rings. The summed E-state index contributed by atoms with van der Waals surface area (Å²) >= 11 is 0. The summed E-state index contributed by atoms with van der Waals surface area (Å²) in [4.78, 5) is 19.1. The maximum absolute atomic E-state index is 11.6. The van der Waals surface area contributed by atoms with E-state index in [4.69, 9.17) is 0 Å². The van der Waals surface area contributed by atoms with Crippen molar-refractivity contribution in [3.63, 3.8) is 0 Å². The van der Waals surface area contributed by atoms with E-state index in [1.165, 1.54) is 11.0 Å². The maximum Gasteiger partial charge on any atom is 0.355 e. The number of hydrogen-bond acceptors (Lipinski definition) is 7. The van der Waals surface area contributed by atoms with Gasteiger partial charge in [0, 0.05) is 5.54 Å². The van der Waals surface area contributed by atoms with Crippen LogP contribution in [0.3, 0.4) is 0 Å². The van der Waals surface area contributed by atoms with Crippen LogP contribution >= 0.6 is 0 Å². The number of nitrogens with zero attached hydrogens (tertiary/aromatic N) is 6. The third kappa shape index (κ3) is 2.80. The Labute approximate surface area is 131 Å². The summed E-state index contributed by atoms with van der Waals surface area (Å²) in [5, 5.41) is 22.6. The van der Waals surface area contributed by atoms with Crippen LogP contribution in [-0.4, -0.2) is 35.4 Å². The van der Waals surface area contributed by atoms with Gasteiger partial charge in [0.05, 0.1) is 10.4 Å². The average Bonchev–Trinajstić information content (AvgIpc) is 2.88. The molecule has 118 valence electrons. The Bertz CT molecular complexity index is 882. The molecule has 2 aromatic heterocycles. The van der Waals surface area contributed by atoms with Gasteiger partial charge in [0.2, 0.25) is 11.6 Å². The zero-order valence-corrected chi connectivity index (χ0v) is 12.9. The van der Waals surface area contributed by atoms with Gasteiger partial charge in [-0.1, -0.05) is 17.3 Å². The summed E-state index contributed by atoms with van der Waals surface area (Å²) in [7, 11) is 0. The molecule has 0 unspecified atom stereocenters. The van der Waals surface area contributed by atoms with Crippen LogP contribution in [0.2, 0.25) is 0 Å². The molecule has 9 nitrogen and oxygen atoms in total. The Kier molecular flexibility index (Phi) is 3.40. The molecular formula is C14H15N7O2. The first-order valence-electron chi connectivity index (χ1n) is 6.95. The predicted molar refractivity (Wildman–Crippen MR) is 84.5 cm³/mol. The number of rotatable bonds is 3. The Morgan fingerprint density at radius 3 is 2.65 bits per heavy atom. The molecule has 0 atom stereocenters. The Morgan fingerprint density at radius 1 is 1.22 bits per heavy atom. The van der Waals surface area contributed by atoms with Crippen molar-refractivity contribution in [3.05, 3.63) is 40.7 Å². The quantitative estimate of drug-likeness (QED) is 0.583. The lowest BCUT2D eigenvalue weighted by Crippen LogP contribution is -2.27. The van der Waals surface area contributed by atoms with E-state index in [0.717, 1.165) is 0 Å². The van der Waals surface area contributed by atoms with Crippen molar-refractivity contribution in [1.29, 1.82) is 0 Å². The summed E-state index contributed by atoms with van der Waals surface area (Å²) < 4.78 is 1.35. The fourth-order valence-electron chi connectivity index (χ4n) is 2.16. The average molecular weight is 313 g/mol. The highest BCUT2D eigenvalue weighted by Gasteiger charge is 2.28. The van der Waals surface area contributed by atoms with E-state index in [2.05, 4.69) is 25.6 Å². The first-order chi connectivity index (χ1) is 10.9. The van der Waals surface area contributed by atoms with Crippen LogP contribution in [0.1, 0.15) is 20.8 Å². The van der Waals surface area contributed by atoms with Crippen LogP contribution in [0.5, 0.6) is 0 Å². The van der Waals surface area contributed by atoms with Crippen LogP contribution in [0.25, 0.3) is 16.9 Å². The third-order valence-corrected chi connectivity index (χ3v) is 3.03. The second kappa shape index (κ2) is 5.27. The van der Waals surface area contributed by atoms with Crippen LogP contribution in [0, 0.1) is 10.1 Å². The van der Waals surface area contributed by atoms with Gasteiger partial charge in [0.15, 0.2) is 0 Å². The molecule has 0 aliphatic carbocycles. The van der Waals surface area contributed by atoms with Crippen LogP contribution in [0.4, 0.5) is 11.5 Å². The lowest BCUT2D eigenvalue weighted by atomic mass is 10.1. The molecule has 0 spiro atoms. The predicted octanol–water partition coefficient (Wildman–Crippen LogP) is 2.33. The van der Waals surface area contributed by atoms with Crippen molar-refractivity contribution in [2.45, 2.75) is 26.3 Å². The van der Waals surface area contributed by atoms with E-state index in [0.29, 0.717) is 11.0 Å². The summed E-state index contributed by atoms with van der Waals surface area (Å²) in [5.41, 5.74) is 0.640. The largest absolute Gasteiger partial charge is 0.360 e. The van der Waals surface area contributed by atoms with Gasteiger partial charge in [-0.25, -0.2) is 9.97 Å². The minimum absolute atomic E-state index is 0.0745. The molecule has 23 heavy (non-hydrogen) atoms. The van der Waals surface area contributed by atoms with Gasteiger partial charge >= 0.3 is 5.69 Å². The number of fused-ring (bicyclic) bond motifs is 1. The van der Waals surface area contributed by atoms with Gasteiger partial charge in [0.25, 0.3) is 0 Å². The highest BCUT2D eigenvalue weighted by molar-refractivity contribution is 5.77. The number of para-hydroxylation sites is 1. The fourth-order valence-corrected chi connectivity index (χ4v) is 2.16. The van der Waals surface area contributed by atoms with Crippen molar-refractivity contribution >= 4 is 22.5 Å². The zero-order chi connectivity index (χ0) is 16.6. The van der Waals surface area contributed by atoms with Crippen molar-refractivity contribution in [2.75, 3.05) is 5.32 Å². The van der Waals surface area contributed by atoms with Gasteiger partial charge in [-0.15, -0.1) is 5.10 Å². The molecule has 0 aliphatic rings. The van der Waals surface area contributed by atoms with Gasteiger partial charge < -0.3 is 5.32 Å². The third-order valence-electron chi connectivity index (χ3n) is 3.03. The van der Waals surface area contributed by atoms with Crippen molar-refractivity contribution < 1.29 is 4.92 Å².